The standard InChI is InChI=1S/C13H13ClN4OS/c1-2-10-11(20-13(15)17-10)12(19)18-16-7-8-5-3-4-6-9(8)14/h3-7H,2H2,1H3,(H2,15,17)(H,18,19). The Morgan fingerprint density at radius 1 is 1.55 bits per heavy atom. The van der Waals surface area contributed by atoms with Crippen LogP contribution in [0.15, 0.2) is 29.4 Å². The number of nitrogens with zero attached hydrogens (tertiary/aromatic N) is 2. The van der Waals surface area contributed by atoms with E-state index < -0.39 is 0 Å². The molecule has 0 aliphatic heterocycles. The fraction of sp³-hybridized carbons (Fsp3) is 0.154. The second kappa shape index (κ2) is 6.49. The lowest BCUT2D eigenvalue weighted by atomic mass is 10.2. The molecule has 0 bridgehead atoms. The minimum Gasteiger partial charge on any atom is -0.375 e. The molecule has 5 nitrogen and oxygen atoms in total. The zero-order valence-corrected chi connectivity index (χ0v) is 12.3. The Bertz CT molecular complexity index is 654. The molecule has 1 aromatic carbocycles. The second-order valence-corrected chi connectivity index (χ2v) is 5.34. The first-order chi connectivity index (χ1) is 9.61. The molecule has 0 saturated carbocycles. The summed E-state index contributed by atoms with van der Waals surface area (Å²) in [5.74, 6) is -0.320. The third-order valence-corrected chi connectivity index (χ3v) is 3.80. The Morgan fingerprint density at radius 3 is 3.00 bits per heavy atom. The fourth-order valence-corrected chi connectivity index (χ4v) is 2.57. The normalized spacial score (nSPS) is 10.9. The number of anilines is 1. The summed E-state index contributed by atoms with van der Waals surface area (Å²) in [5, 5.41) is 4.84. The number of carbonyl (C=O) groups is 1. The molecule has 7 heteroatoms. The van der Waals surface area contributed by atoms with Gasteiger partial charge in [0.1, 0.15) is 4.88 Å². The first-order valence-electron chi connectivity index (χ1n) is 5.95. The average molecular weight is 309 g/mol. The molecule has 0 radical (unpaired) electrons. The van der Waals surface area contributed by atoms with E-state index in [1.165, 1.54) is 6.21 Å². The highest BCUT2D eigenvalue weighted by Crippen LogP contribution is 2.20. The highest BCUT2D eigenvalue weighted by molar-refractivity contribution is 7.17. The Labute approximate surface area is 125 Å². The van der Waals surface area contributed by atoms with Gasteiger partial charge < -0.3 is 5.73 Å². The number of benzene rings is 1. The van der Waals surface area contributed by atoms with Crippen LogP contribution in [0.5, 0.6) is 0 Å². The number of nitrogens with two attached hydrogens (primary N) is 1. The van der Waals surface area contributed by atoms with Gasteiger partial charge in [-0.05, 0) is 12.5 Å². The van der Waals surface area contributed by atoms with Crippen LogP contribution in [-0.2, 0) is 6.42 Å². The van der Waals surface area contributed by atoms with Crippen molar-refractivity contribution < 1.29 is 4.79 Å². The molecule has 1 amide bonds. The van der Waals surface area contributed by atoms with Crippen molar-refractivity contribution in [1.82, 2.24) is 10.4 Å². The Balaban J connectivity index is 2.07. The van der Waals surface area contributed by atoms with E-state index in [-0.39, 0.29) is 5.91 Å². The van der Waals surface area contributed by atoms with Crippen LogP contribution < -0.4 is 11.2 Å². The van der Waals surface area contributed by atoms with Crippen molar-refractivity contribution in [2.24, 2.45) is 5.10 Å². The summed E-state index contributed by atoms with van der Waals surface area (Å²) in [4.78, 5) is 16.6. The molecule has 0 unspecified atom stereocenters. The lowest BCUT2D eigenvalue weighted by molar-refractivity contribution is 0.0958. The van der Waals surface area contributed by atoms with Crippen LogP contribution in [0.2, 0.25) is 5.02 Å². The minimum absolute atomic E-state index is 0.320. The monoisotopic (exact) mass is 308 g/mol. The molecule has 3 N–H and O–H groups in total. The number of halogens is 1. The number of aromatic nitrogens is 1. The number of hydrogen-bond donors (Lipinski definition) is 2. The zero-order valence-electron chi connectivity index (χ0n) is 10.8. The molecular formula is C13H13ClN4OS. The SMILES string of the molecule is CCc1nc(N)sc1C(=O)NN=Cc1ccccc1Cl. The number of hydrogen-bond acceptors (Lipinski definition) is 5. The number of amides is 1. The van der Waals surface area contributed by atoms with Crippen LogP contribution in [0.25, 0.3) is 0 Å². The summed E-state index contributed by atoms with van der Waals surface area (Å²) in [6.45, 7) is 1.91. The molecule has 0 fully saturated rings. The number of thiazole rings is 1. The van der Waals surface area contributed by atoms with E-state index in [4.69, 9.17) is 17.3 Å². The smallest absolute Gasteiger partial charge is 0.283 e. The number of carbonyl (C=O) groups excluding carboxylic acids is 1. The molecule has 0 aliphatic rings. The topological polar surface area (TPSA) is 80.4 Å². The molecular weight excluding hydrogens is 296 g/mol. The van der Waals surface area contributed by atoms with Crippen molar-refractivity contribution in [3.8, 4) is 0 Å². The van der Waals surface area contributed by atoms with Crippen molar-refractivity contribution in [3.05, 3.63) is 45.4 Å². The quantitative estimate of drug-likeness (QED) is 0.673. The highest BCUT2D eigenvalue weighted by atomic mass is 35.5. The van der Waals surface area contributed by atoms with Crippen molar-refractivity contribution >= 4 is 40.2 Å². The molecule has 1 heterocycles. The van der Waals surface area contributed by atoms with Gasteiger partial charge in [0.25, 0.3) is 5.91 Å². The van der Waals surface area contributed by atoms with Crippen LogP contribution in [0, 0.1) is 0 Å². The molecule has 0 saturated heterocycles. The molecule has 0 atom stereocenters. The summed E-state index contributed by atoms with van der Waals surface area (Å²) in [6, 6.07) is 7.23. The number of hydrazone groups is 1. The predicted octanol–water partition coefficient (Wildman–Crippen LogP) is 2.71. The van der Waals surface area contributed by atoms with E-state index in [0.717, 1.165) is 16.9 Å². The fourth-order valence-electron chi connectivity index (χ4n) is 1.58. The lowest BCUT2D eigenvalue weighted by Gasteiger charge is -1.99. The van der Waals surface area contributed by atoms with E-state index in [1.54, 1.807) is 12.1 Å². The van der Waals surface area contributed by atoms with Crippen LogP contribution in [-0.4, -0.2) is 17.1 Å². The van der Waals surface area contributed by atoms with Crippen molar-refractivity contribution in [2.45, 2.75) is 13.3 Å². The van der Waals surface area contributed by atoms with E-state index >= 15 is 0 Å². The molecule has 2 aromatic rings. The summed E-state index contributed by atoms with van der Waals surface area (Å²) in [7, 11) is 0. The third kappa shape index (κ3) is 3.34. The van der Waals surface area contributed by atoms with E-state index in [0.29, 0.717) is 27.1 Å². The average Bonchev–Trinajstić information content (AvgIpc) is 2.82. The van der Waals surface area contributed by atoms with Crippen molar-refractivity contribution in [2.75, 3.05) is 5.73 Å². The predicted molar refractivity (Wildman–Crippen MR) is 82.4 cm³/mol. The molecule has 0 spiro atoms. The van der Waals surface area contributed by atoms with Gasteiger partial charge in [0.05, 0.1) is 11.9 Å². The van der Waals surface area contributed by atoms with Gasteiger partial charge in [-0.25, -0.2) is 10.4 Å². The minimum atomic E-state index is -0.320. The number of nitrogen functional groups attached to an aromatic ring is 1. The maximum absolute atomic E-state index is 12.0. The summed E-state index contributed by atoms with van der Waals surface area (Å²) < 4.78 is 0. The summed E-state index contributed by atoms with van der Waals surface area (Å²) >= 11 is 7.13. The maximum Gasteiger partial charge on any atom is 0.283 e. The van der Waals surface area contributed by atoms with Crippen molar-refractivity contribution in [3.63, 3.8) is 0 Å². The number of rotatable bonds is 4. The Hall–Kier alpha value is -1.92. The zero-order chi connectivity index (χ0) is 14.5. The van der Waals surface area contributed by atoms with Gasteiger partial charge in [0, 0.05) is 10.6 Å². The number of nitrogens with one attached hydrogen (secondary N) is 1. The molecule has 1 aromatic heterocycles. The first kappa shape index (κ1) is 14.5. The van der Waals surface area contributed by atoms with Gasteiger partial charge in [0.2, 0.25) is 0 Å². The summed E-state index contributed by atoms with van der Waals surface area (Å²) in [6.07, 6.45) is 2.14. The lowest BCUT2D eigenvalue weighted by Crippen LogP contribution is -2.17. The van der Waals surface area contributed by atoms with Gasteiger partial charge in [-0.1, -0.05) is 48.1 Å². The van der Waals surface area contributed by atoms with Gasteiger partial charge in [-0.3, -0.25) is 4.79 Å². The van der Waals surface area contributed by atoms with E-state index in [2.05, 4.69) is 15.5 Å². The number of aryl methyl sites for hydroxylation is 1. The molecule has 104 valence electrons. The maximum atomic E-state index is 12.0. The van der Waals surface area contributed by atoms with Crippen LogP contribution in [0.4, 0.5) is 5.13 Å². The molecule has 0 aliphatic carbocycles. The Kier molecular flexibility index (Phi) is 4.70. The molecule has 20 heavy (non-hydrogen) atoms. The van der Waals surface area contributed by atoms with Gasteiger partial charge in [0.15, 0.2) is 5.13 Å². The summed E-state index contributed by atoms with van der Waals surface area (Å²) in [5.41, 5.74) is 9.46. The van der Waals surface area contributed by atoms with Crippen LogP contribution >= 0.6 is 22.9 Å². The Morgan fingerprint density at radius 2 is 2.30 bits per heavy atom. The first-order valence-corrected chi connectivity index (χ1v) is 7.14. The van der Waals surface area contributed by atoms with E-state index in [1.807, 2.05) is 19.1 Å². The highest BCUT2D eigenvalue weighted by Gasteiger charge is 2.15. The molecule has 2 rings (SSSR count). The van der Waals surface area contributed by atoms with E-state index in [9.17, 15) is 4.79 Å². The largest absolute Gasteiger partial charge is 0.375 e. The van der Waals surface area contributed by atoms with Crippen LogP contribution in [0.1, 0.15) is 27.9 Å². The third-order valence-electron chi connectivity index (χ3n) is 2.53. The van der Waals surface area contributed by atoms with Crippen LogP contribution in [0.3, 0.4) is 0 Å². The van der Waals surface area contributed by atoms with Gasteiger partial charge >= 0.3 is 0 Å². The van der Waals surface area contributed by atoms with Crippen molar-refractivity contribution in [1.29, 1.82) is 0 Å². The second-order valence-electron chi connectivity index (χ2n) is 3.90. The van der Waals surface area contributed by atoms with Gasteiger partial charge in [-0.2, -0.15) is 5.10 Å². The van der Waals surface area contributed by atoms with Gasteiger partial charge in [-0.15, -0.1) is 0 Å².